The van der Waals surface area contributed by atoms with Crippen molar-refractivity contribution in [3.05, 3.63) is 59.2 Å². The third kappa shape index (κ3) is 8.09. The lowest BCUT2D eigenvalue weighted by Crippen LogP contribution is -2.42. The number of likely N-dealkylation sites (tertiary alicyclic amines) is 1. The summed E-state index contributed by atoms with van der Waals surface area (Å²) >= 11 is 1.64. The molecule has 2 aromatic carbocycles. The highest BCUT2D eigenvalue weighted by atomic mass is 32.2. The third-order valence-electron chi connectivity index (χ3n) is 8.13. The van der Waals surface area contributed by atoms with Gasteiger partial charge in [-0.2, -0.15) is 11.8 Å². The topological polar surface area (TPSA) is 67.9 Å². The zero-order valence-electron chi connectivity index (χ0n) is 23.7. The fraction of sp³-hybridized carbons (Fsp3) is 0.562. The lowest BCUT2D eigenvalue weighted by molar-refractivity contribution is -0.142. The molecular formula is C32H44N2O4S. The van der Waals surface area contributed by atoms with Gasteiger partial charge in [-0.15, -0.1) is 0 Å². The molecule has 0 unspecified atom stereocenters. The molecule has 1 aliphatic carbocycles. The Morgan fingerprint density at radius 3 is 2.59 bits per heavy atom. The maximum atomic E-state index is 13.5. The lowest BCUT2D eigenvalue weighted by Gasteiger charge is -2.28. The molecule has 1 N–H and O–H groups in total. The van der Waals surface area contributed by atoms with Crippen molar-refractivity contribution in [1.29, 1.82) is 0 Å². The molecule has 2 atom stereocenters. The summed E-state index contributed by atoms with van der Waals surface area (Å²) in [5.74, 6) is 0.0867. The summed E-state index contributed by atoms with van der Waals surface area (Å²) < 4.78 is 11.3. The van der Waals surface area contributed by atoms with E-state index in [4.69, 9.17) is 9.47 Å². The molecule has 7 heteroatoms. The zero-order valence-corrected chi connectivity index (χ0v) is 24.6. The van der Waals surface area contributed by atoms with Gasteiger partial charge in [0, 0.05) is 18.2 Å². The van der Waals surface area contributed by atoms with Gasteiger partial charge >= 0.3 is 5.97 Å². The van der Waals surface area contributed by atoms with Crippen LogP contribution in [0.5, 0.6) is 0 Å². The van der Waals surface area contributed by atoms with E-state index in [1.165, 1.54) is 57.6 Å². The van der Waals surface area contributed by atoms with Gasteiger partial charge in [-0.05, 0) is 92.0 Å². The smallest absolute Gasteiger partial charge is 0.328 e. The number of nitrogens with one attached hydrogen (secondary N) is 1. The van der Waals surface area contributed by atoms with Crippen LogP contribution in [0.15, 0.2) is 42.5 Å². The fourth-order valence-corrected chi connectivity index (χ4v) is 6.33. The van der Waals surface area contributed by atoms with E-state index in [-0.39, 0.29) is 5.91 Å². The summed E-state index contributed by atoms with van der Waals surface area (Å²) in [6, 6.07) is 14.0. The van der Waals surface area contributed by atoms with E-state index in [1.807, 2.05) is 24.5 Å². The number of carbonyl (C=O) groups is 2. The number of ether oxygens (including phenoxy) is 2. The molecule has 2 aliphatic rings. The van der Waals surface area contributed by atoms with Gasteiger partial charge in [-0.3, -0.25) is 9.69 Å². The molecule has 212 valence electrons. The number of nitrogens with zero attached hydrogens (tertiary/aromatic N) is 1. The van der Waals surface area contributed by atoms with Crippen LogP contribution in [-0.2, 0) is 20.8 Å². The van der Waals surface area contributed by atoms with Crippen molar-refractivity contribution >= 4 is 23.6 Å². The van der Waals surface area contributed by atoms with E-state index in [0.29, 0.717) is 24.1 Å². The van der Waals surface area contributed by atoms with Gasteiger partial charge in [0.2, 0.25) is 0 Å². The number of rotatable bonds is 12. The predicted octanol–water partition coefficient (Wildman–Crippen LogP) is 6.00. The van der Waals surface area contributed by atoms with Crippen LogP contribution in [0.1, 0.15) is 72.9 Å². The highest BCUT2D eigenvalue weighted by Crippen LogP contribution is 2.30. The first kappa shape index (κ1) is 29.6. The Morgan fingerprint density at radius 2 is 1.85 bits per heavy atom. The summed E-state index contributed by atoms with van der Waals surface area (Å²) in [5, 5.41) is 2.94. The molecule has 1 saturated heterocycles. The Kier molecular flexibility index (Phi) is 11.3. The van der Waals surface area contributed by atoms with Gasteiger partial charge in [0.15, 0.2) is 0 Å². The monoisotopic (exact) mass is 552 g/mol. The lowest BCUT2D eigenvalue weighted by atomic mass is 9.93. The second-order valence-electron chi connectivity index (χ2n) is 10.9. The minimum absolute atomic E-state index is 0.253. The van der Waals surface area contributed by atoms with Crippen molar-refractivity contribution in [2.24, 2.45) is 0 Å². The standard InChI is InChI=1S/C32H44N2O4S/c1-23-10-7-8-14-27(23)29-20-24(15-16-28(29)31(35)33-30(17-19-39-3)32(36)37-2)21-34-18-9-11-25(34)22-38-26-12-5-4-6-13-26/h7-8,10,14-16,20,25-26,30H,4-6,9,11-13,17-19,21-22H2,1-3H3,(H,33,35)/t25-,30-/m0/s1. The van der Waals surface area contributed by atoms with Crippen LogP contribution < -0.4 is 5.32 Å². The molecule has 0 aromatic heterocycles. The van der Waals surface area contributed by atoms with E-state index < -0.39 is 12.0 Å². The van der Waals surface area contributed by atoms with Gasteiger partial charge < -0.3 is 14.8 Å². The molecule has 2 fully saturated rings. The summed E-state index contributed by atoms with van der Waals surface area (Å²) in [5.41, 5.74) is 4.79. The number of amides is 1. The van der Waals surface area contributed by atoms with Crippen LogP contribution in [0.2, 0.25) is 0 Å². The molecule has 2 aromatic rings. The number of hydrogen-bond donors (Lipinski definition) is 1. The molecular weight excluding hydrogens is 508 g/mol. The summed E-state index contributed by atoms with van der Waals surface area (Å²) in [6.45, 7) is 4.77. The predicted molar refractivity (Wildman–Crippen MR) is 159 cm³/mol. The quantitative estimate of drug-likeness (QED) is 0.326. The molecule has 1 amide bonds. The molecule has 1 heterocycles. The fourth-order valence-electron chi connectivity index (χ4n) is 5.85. The Labute approximate surface area is 238 Å². The first-order chi connectivity index (χ1) is 19.0. The summed E-state index contributed by atoms with van der Waals surface area (Å²) in [4.78, 5) is 28.4. The van der Waals surface area contributed by atoms with Gasteiger partial charge in [0.05, 0.1) is 19.8 Å². The first-order valence-electron chi connectivity index (χ1n) is 14.4. The van der Waals surface area contributed by atoms with Gasteiger partial charge in [0.25, 0.3) is 5.91 Å². The van der Waals surface area contributed by atoms with Crippen LogP contribution in [0, 0.1) is 6.92 Å². The van der Waals surface area contributed by atoms with Crippen molar-refractivity contribution in [2.45, 2.75) is 83.0 Å². The van der Waals surface area contributed by atoms with Crippen LogP contribution in [-0.4, -0.2) is 67.2 Å². The maximum absolute atomic E-state index is 13.5. The molecule has 1 aliphatic heterocycles. The first-order valence-corrected chi connectivity index (χ1v) is 15.8. The number of esters is 1. The van der Waals surface area contributed by atoms with Crippen molar-refractivity contribution in [3.8, 4) is 11.1 Å². The number of thioether (sulfide) groups is 1. The molecule has 1 saturated carbocycles. The number of carbonyl (C=O) groups excluding carboxylic acids is 2. The normalized spacial score (nSPS) is 19.1. The largest absolute Gasteiger partial charge is 0.467 e. The summed E-state index contributed by atoms with van der Waals surface area (Å²) in [6.07, 6.45) is 11.6. The van der Waals surface area contributed by atoms with Crippen LogP contribution >= 0.6 is 11.8 Å². The van der Waals surface area contributed by atoms with Gasteiger partial charge in [0.1, 0.15) is 6.04 Å². The van der Waals surface area contributed by atoms with Gasteiger partial charge in [-0.1, -0.05) is 49.6 Å². The molecule has 39 heavy (non-hydrogen) atoms. The second-order valence-corrected chi connectivity index (χ2v) is 11.9. The van der Waals surface area contributed by atoms with Crippen LogP contribution in [0.25, 0.3) is 11.1 Å². The zero-order chi connectivity index (χ0) is 27.6. The maximum Gasteiger partial charge on any atom is 0.328 e. The van der Waals surface area contributed by atoms with Crippen molar-refractivity contribution in [2.75, 3.05) is 32.3 Å². The van der Waals surface area contributed by atoms with E-state index in [9.17, 15) is 9.59 Å². The van der Waals surface area contributed by atoms with Crippen molar-refractivity contribution < 1.29 is 19.1 Å². The summed E-state index contributed by atoms with van der Waals surface area (Å²) in [7, 11) is 1.36. The molecule has 0 bridgehead atoms. The van der Waals surface area contributed by atoms with Crippen LogP contribution in [0.4, 0.5) is 0 Å². The van der Waals surface area contributed by atoms with E-state index in [0.717, 1.165) is 42.1 Å². The van der Waals surface area contributed by atoms with Crippen molar-refractivity contribution in [1.82, 2.24) is 10.2 Å². The number of aryl methyl sites for hydroxylation is 1. The Balaban J connectivity index is 1.53. The minimum atomic E-state index is -0.672. The van der Waals surface area contributed by atoms with E-state index >= 15 is 0 Å². The molecule has 0 spiro atoms. The molecule has 0 radical (unpaired) electrons. The Hall–Kier alpha value is -2.35. The third-order valence-corrected chi connectivity index (χ3v) is 8.77. The molecule has 4 rings (SSSR count). The number of hydrogen-bond acceptors (Lipinski definition) is 6. The van der Waals surface area contributed by atoms with Crippen molar-refractivity contribution in [3.63, 3.8) is 0 Å². The average molecular weight is 553 g/mol. The second kappa shape index (κ2) is 14.9. The molecule has 6 nitrogen and oxygen atoms in total. The van der Waals surface area contributed by atoms with E-state index in [1.54, 1.807) is 11.8 Å². The number of methoxy groups -OCH3 is 1. The van der Waals surface area contributed by atoms with E-state index in [2.05, 4.69) is 41.4 Å². The SMILES string of the molecule is COC(=O)[C@H](CCSC)NC(=O)c1ccc(CN2CCC[C@H]2COC2CCCCC2)cc1-c1ccccc1C. The van der Waals surface area contributed by atoms with Gasteiger partial charge in [-0.25, -0.2) is 4.79 Å². The number of benzene rings is 2. The average Bonchev–Trinajstić information content (AvgIpc) is 3.41. The highest BCUT2D eigenvalue weighted by Gasteiger charge is 2.28. The minimum Gasteiger partial charge on any atom is -0.467 e. The Morgan fingerprint density at radius 1 is 1.05 bits per heavy atom. The Bertz CT molecular complexity index is 1100. The highest BCUT2D eigenvalue weighted by molar-refractivity contribution is 7.98. The van der Waals surface area contributed by atoms with Crippen LogP contribution in [0.3, 0.4) is 0 Å².